The molecule has 25 heavy (non-hydrogen) atoms. The van der Waals surface area contributed by atoms with E-state index in [0.29, 0.717) is 0 Å². The van der Waals surface area contributed by atoms with Crippen molar-refractivity contribution in [3.05, 3.63) is 29.8 Å². The van der Waals surface area contributed by atoms with E-state index < -0.39 is 27.2 Å². The maximum absolute atomic E-state index is 12.5. The largest absolute Gasteiger partial charge is 0.465 e. The highest BCUT2D eigenvalue weighted by Gasteiger charge is 2.48. The molecule has 140 valence electrons. The zero-order valence-corrected chi connectivity index (χ0v) is 15.8. The molecular formula is C17H25NO6S. The van der Waals surface area contributed by atoms with Gasteiger partial charge in [0.15, 0.2) is 0 Å². The van der Waals surface area contributed by atoms with Crippen molar-refractivity contribution in [2.24, 2.45) is 5.41 Å². The second kappa shape index (κ2) is 6.93. The molecule has 7 nitrogen and oxygen atoms in total. The van der Waals surface area contributed by atoms with E-state index in [1.165, 1.54) is 17.0 Å². The highest BCUT2D eigenvalue weighted by Crippen LogP contribution is 2.37. The number of rotatable bonds is 4. The van der Waals surface area contributed by atoms with E-state index in [1.54, 1.807) is 12.1 Å². The smallest absolute Gasteiger partial charge is 0.407 e. The van der Waals surface area contributed by atoms with Crippen molar-refractivity contribution in [1.82, 2.24) is 4.90 Å². The average molecular weight is 371 g/mol. The maximum Gasteiger partial charge on any atom is 0.407 e. The molecule has 1 aliphatic rings. The Morgan fingerprint density at radius 2 is 1.92 bits per heavy atom. The first kappa shape index (κ1) is 19.7. The third-order valence-corrected chi connectivity index (χ3v) is 5.86. The number of benzene rings is 1. The second-order valence-electron chi connectivity index (χ2n) is 7.33. The summed E-state index contributed by atoms with van der Waals surface area (Å²) in [5, 5.41) is 9.28. The van der Waals surface area contributed by atoms with E-state index in [-0.39, 0.29) is 31.2 Å². The van der Waals surface area contributed by atoms with Gasteiger partial charge in [-0.25, -0.2) is 4.79 Å². The number of ether oxygens (including phenoxy) is 1. The van der Waals surface area contributed by atoms with Crippen molar-refractivity contribution < 1.29 is 27.2 Å². The van der Waals surface area contributed by atoms with Gasteiger partial charge in [-0.1, -0.05) is 38.5 Å². The fraction of sp³-hybridized carbons (Fsp3) is 0.588. The van der Waals surface area contributed by atoms with Gasteiger partial charge in [0.05, 0.1) is 24.7 Å². The predicted octanol–water partition coefficient (Wildman–Crippen LogP) is 2.50. The predicted molar refractivity (Wildman–Crippen MR) is 92.1 cm³/mol. The molecule has 0 radical (unpaired) electrons. The minimum atomic E-state index is -3.96. The molecule has 0 aromatic heterocycles. The summed E-state index contributed by atoms with van der Waals surface area (Å²) in [6.45, 7) is 7.73. The quantitative estimate of drug-likeness (QED) is 0.818. The van der Waals surface area contributed by atoms with Gasteiger partial charge in [0, 0.05) is 6.54 Å². The SMILES string of the molecule is Cc1ccc(S(=O)(=O)OCC2(C(C)(C)C)CN(C(=O)O)CCO2)cc1. The summed E-state index contributed by atoms with van der Waals surface area (Å²) < 4.78 is 36.1. The summed E-state index contributed by atoms with van der Waals surface area (Å²) in [7, 11) is -3.96. The molecule has 1 aromatic rings. The van der Waals surface area contributed by atoms with E-state index in [2.05, 4.69) is 0 Å². The Balaban J connectivity index is 2.23. The fourth-order valence-electron chi connectivity index (χ4n) is 2.65. The first-order valence-electron chi connectivity index (χ1n) is 8.05. The first-order valence-corrected chi connectivity index (χ1v) is 9.46. The van der Waals surface area contributed by atoms with Crippen LogP contribution >= 0.6 is 0 Å². The molecule has 0 aliphatic carbocycles. The summed E-state index contributed by atoms with van der Waals surface area (Å²) >= 11 is 0. The standard InChI is InChI=1S/C17H25NO6S/c1-13-5-7-14(8-6-13)25(21,22)24-12-17(16(2,3)4)11-18(15(19)20)9-10-23-17/h5-8H,9-12H2,1-4H3,(H,19,20). The van der Waals surface area contributed by atoms with Crippen LogP contribution in [0.15, 0.2) is 29.2 Å². The van der Waals surface area contributed by atoms with E-state index in [1.807, 2.05) is 27.7 Å². The summed E-state index contributed by atoms with van der Waals surface area (Å²) in [5.74, 6) is 0. The van der Waals surface area contributed by atoms with Crippen LogP contribution < -0.4 is 0 Å². The number of hydrogen-bond donors (Lipinski definition) is 1. The molecule has 2 rings (SSSR count). The Hall–Kier alpha value is -1.64. The number of morpholine rings is 1. The summed E-state index contributed by atoms with van der Waals surface area (Å²) in [6.07, 6.45) is -1.06. The number of amides is 1. The number of hydrogen-bond acceptors (Lipinski definition) is 5. The van der Waals surface area contributed by atoms with Gasteiger partial charge in [-0.2, -0.15) is 8.42 Å². The normalized spacial score (nSPS) is 22.0. The lowest BCUT2D eigenvalue weighted by atomic mass is 9.75. The molecular weight excluding hydrogens is 346 g/mol. The Morgan fingerprint density at radius 3 is 2.44 bits per heavy atom. The molecule has 1 fully saturated rings. The number of carbonyl (C=O) groups is 1. The van der Waals surface area contributed by atoms with E-state index >= 15 is 0 Å². The van der Waals surface area contributed by atoms with Crippen LogP contribution in [0.4, 0.5) is 4.79 Å². The third kappa shape index (κ3) is 4.31. The lowest BCUT2D eigenvalue weighted by molar-refractivity contribution is -0.174. The lowest BCUT2D eigenvalue weighted by Crippen LogP contribution is -2.62. The van der Waals surface area contributed by atoms with Crippen molar-refractivity contribution in [1.29, 1.82) is 0 Å². The van der Waals surface area contributed by atoms with Crippen molar-refractivity contribution in [2.75, 3.05) is 26.3 Å². The Bertz CT molecular complexity index is 723. The zero-order valence-electron chi connectivity index (χ0n) is 15.0. The first-order chi connectivity index (χ1) is 11.5. The van der Waals surface area contributed by atoms with E-state index in [0.717, 1.165) is 5.56 Å². The van der Waals surface area contributed by atoms with Crippen LogP contribution in [0.2, 0.25) is 0 Å². The molecule has 1 heterocycles. The van der Waals surface area contributed by atoms with Crippen LogP contribution in [0.25, 0.3) is 0 Å². The van der Waals surface area contributed by atoms with Crippen LogP contribution in [0.3, 0.4) is 0 Å². The van der Waals surface area contributed by atoms with Crippen LogP contribution in [-0.2, 0) is 19.0 Å². The van der Waals surface area contributed by atoms with Gasteiger partial charge < -0.3 is 14.7 Å². The van der Waals surface area contributed by atoms with Crippen LogP contribution in [-0.4, -0.2) is 56.4 Å². The minimum Gasteiger partial charge on any atom is -0.465 e. The molecule has 1 saturated heterocycles. The van der Waals surface area contributed by atoms with Crippen molar-refractivity contribution in [3.8, 4) is 0 Å². The van der Waals surface area contributed by atoms with Crippen molar-refractivity contribution in [3.63, 3.8) is 0 Å². The number of carboxylic acid groups (broad SMARTS) is 1. The monoisotopic (exact) mass is 371 g/mol. The molecule has 1 amide bonds. The van der Waals surface area contributed by atoms with Crippen LogP contribution in [0, 0.1) is 12.3 Å². The minimum absolute atomic E-state index is 0.0508. The van der Waals surface area contributed by atoms with Gasteiger partial charge in [-0.15, -0.1) is 0 Å². The topological polar surface area (TPSA) is 93.1 Å². The maximum atomic E-state index is 12.5. The van der Waals surface area contributed by atoms with Crippen LogP contribution in [0.5, 0.6) is 0 Å². The highest BCUT2D eigenvalue weighted by molar-refractivity contribution is 7.86. The molecule has 1 atom stereocenters. The average Bonchev–Trinajstić information content (AvgIpc) is 2.52. The lowest BCUT2D eigenvalue weighted by Gasteiger charge is -2.49. The molecule has 1 aliphatic heterocycles. The van der Waals surface area contributed by atoms with Gasteiger partial charge in [0.25, 0.3) is 10.1 Å². The van der Waals surface area contributed by atoms with Crippen molar-refractivity contribution >= 4 is 16.2 Å². The van der Waals surface area contributed by atoms with Crippen molar-refractivity contribution in [2.45, 2.75) is 38.2 Å². The van der Waals surface area contributed by atoms with Gasteiger partial charge in [-0.05, 0) is 24.5 Å². The van der Waals surface area contributed by atoms with E-state index in [4.69, 9.17) is 8.92 Å². The number of aryl methyl sites for hydroxylation is 1. The molecule has 0 spiro atoms. The Kier molecular flexibility index (Phi) is 5.46. The molecule has 0 saturated carbocycles. The van der Waals surface area contributed by atoms with Crippen LogP contribution in [0.1, 0.15) is 26.3 Å². The summed E-state index contributed by atoms with van der Waals surface area (Å²) in [4.78, 5) is 12.6. The number of nitrogens with zero attached hydrogens (tertiary/aromatic N) is 1. The molecule has 0 bridgehead atoms. The van der Waals surface area contributed by atoms with E-state index in [9.17, 15) is 18.3 Å². The van der Waals surface area contributed by atoms with Gasteiger partial charge in [0.1, 0.15) is 5.60 Å². The third-order valence-electron chi connectivity index (χ3n) is 4.58. The van der Waals surface area contributed by atoms with Gasteiger partial charge in [0.2, 0.25) is 0 Å². The molecule has 1 unspecified atom stereocenters. The summed E-state index contributed by atoms with van der Waals surface area (Å²) in [5.41, 5.74) is -0.636. The second-order valence-corrected chi connectivity index (χ2v) is 8.94. The molecule has 1 aromatic carbocycles. The fourth-order valence-corrected chi connectivity index (χ4v) is 3.60. The Morgan fingerprint density at radius 1 is 1.32 bits per heavy atom. The molecule has 1 N–H and O–H groups in total. The Labute approximate surface area is 148 Å². The molecule has 8 heteroatoms. The van der Waals surface area contributed by atoms with Gasteiger partial charge in [-0.3, -0.25) is 4.18 Å². The van der Waals surface area contributed by atoms with Gasteiger partial charge >= 0.3 is 6.09 Å². The summed E-state index contributed by atoms with van der Waals surface area (Å²) in [6, 6.07) is 6.36. The highest BCUT2D eigenvalue weighted by atomic mass is 32.2. The zero-order chi connectivity index (χ0) is 18.9.